The molecular weight excluding hydrogens is 128 g/mol. The van der Waals surface area contributed by atoms with E-state index in [1.54, 1.807) is 0 Å². The van der Waals surface area contributed by atoms with Gasteiger partial charge in [-0.25, -0.2) is 0 Å². The number of carbonyl (C=O) groups is 1. The van der Waals surface area contributed by atoms with Crippen molar-refractivity contribution in [3.05, 3.63) is 0 Å². The molecule has 0 aliphatic rings. The van der Waals surface area contributed by atoms with E-state index in [1.807, 2.05) is 13.8 Å². The first kappa shape index (κ1) is 9.14. The second kappa shape index (κ2) is 3.34. The number of hydrogen-bond donors (Lipinski definition) is 2. The van der Waals surface area contributed by atoms with Gasteiger partial charge < -0.3 is 5.73 Å². The fourth-order valence-corrected chi connectivity index (χ4v) is 1.05. The van der Waals surface area contributed by atoms with Gasteiger partial charge in [-0.15, -0.1) is 0 Å². The molecule has 0 bridgehead atoms. The van der Waals surface area contributed by atoms with E-state index in [4.69, 9.17) is 11.1 Å². The number of rotatable bonds is 3. The van der Waals surface area contributed by atoms with Crippen LogP contribution in [0.3, 0.4) is 0 Å². The van der Waals surface area contributed by atoms with Gasteiger partial charge in [-0.3, -0.25) is 10.2 Å². The van der Waals surface area contributed by atoms with Crippen molar-refractivity contribution in [2.24, 2.45) is 17.6 Å². The Kier molecular flexibility index (Phi) is 3.06. The number of carbonyl (C=O) groups excluding carboxylic acids is 1. The predicted octanol–water partition coefficient (Wildman–Crippen LogP) is 0.784. The van der Waals surface area contributed by atoms with Crippen molar-refractivity contribution in [3.63, 3.8) is 0 Å². The highest BCUT2D eigenvalue weighted by Crippen LogP contribution is 2.10. The van der Waals surface area contributed by atoms with Crippen LogP contribution in [0.25, 0.3) is 0 Å². The lowest BCUT2D eigenvalue weighted by molar-refractivity contribution is -0.119. The largest absolute Gasteiger partial charge is 0.387 e. The molecule has 3 nitrogen and oxygen atoms in total. The average Bonchev–Trinajstić information content (AvgIpc) is 1.59. The van der Waals surface area contributed by atoms with Gasteiger partial charge in [0.05, 0.1) is 5.92 Å². The van der Waals surface area contributed by atoms with Crippen molar-refractivity contribution in [2.75, 3.05) is 0 Å². The first-order chi connectivity index (χ1) is 4.46. The second-order valence-corrected chi connectivity index (χ2v) is 2.79. The topological polar surface area (TPSA) is 66.9 Å². The molecule has 0 saturated heterocycles. The van der Waals surface area contributed by atoms with Gasteiger partial charge in [0.15, 0.2) is 0 Å². The van der Waals surface area contributed by atoms with E-state index in [9.17, 15) is 4.79 Å². The van der Waals surface area contributed by atoms with Crippen LogP contribution in [0.2, 0.25) is 0 Å². The molecule has 0 aliphatic carbocycles. The Hall–Kier alpha value is -0.860. The Morgan fingerprint density at radius 3 is 1.90 bits per heavy atom. The van der Waals surface area contributed by atoms with Crippen LogP contribution in [0.5, 0.6) is 0 Å². The van der Waals surface area contributed by atoms with Crippen molar-refractivity contribution in [3.8, 4) is 0 Å². The second-order valence-electron chi connectivity index (χ2n) is 2.79. The van der Waals surface area contributed by atoms with E-state index < -0.39 is 0 Å². The highest BCUT2D eigenvalue weighted by Gasteiger charge is 2.20. The van der Waals surface area contributed by atoms with Gasteiger partial charge in [-0.1, -0.05) is 13.8 Å². The molecule has 0 amide bonds. The summed E-state index contributed by atoms with van der Waals surface area (Å²) in [4.78, 5) is 10.8. The molecule has 3 heteroatoms. The fraction of sp³-hybridized carbons (Fsp3) is 0.714. The molecule has 0 rings (SSSR count). The third-order valence-corrected chi connectivity index (χ3v) is 1.44. The van der Waals surface area contributed by atoms with Gasteiger partial charge in [-0.05, 0) is 12.8 Å². The van der Waals surface area contributed by atoms with Crippen LogP contribution >= 0.6 is 0 Å². The normalized spacial score (nSPS) is 13.2. The van der Waals surface area contributed by atoms with Gasteiger partial charge in [0.25, 0.3) is 0 Å². The van der Waals surface area contributed by atoms with Gasteiger partial charge in [-0.2, -0.15) is 0 Å². The summed E-state index contributed by atoms with van der Waals surface area (Å²) in [6.45, 7) is 5.23. The van der Waals surface area contributed by atoms with Crippen LogP contribution in [0.15, 0.2) is 0 Å². The Labute approximate surface area is 61.1 Å². The minimum Gasteiger partial charge on any atom is -0.387 e. The molecule has 0 saturated carbocycles. The van der Waals surface area contributed by atoms with Crippen LogP contribution < -0.4 is 5.73 Å². The summed E-state index contributed by atoms with van der Waals surface area (Å²) in [5.74, 6) is -0.306. The van der Waals surface area contributed by atoms with E-state index in [0.29, 0.717) is 0 Å². The first-order valence-electron chi connectivity index (χ1n) is 3.31. The van der Waals surface area contributed by atoms with Crippen molar-refractivity contribution in [1.82, 2.24) is 0 Å². The standard InChI is InChI=1S/C7H14N2O/c1-4(2)6(5(3)10)7(8)9/h4,6H,1-3H3,(H3,8,9)/t6-/m0/s1. The third-order valence-electron chi connectivity index (χ3n) is 1.44. The predicted molar refractivity (Wildman–Crippen MR) is 40.9 cm³/mol. The Morgan fingerprint density at radius 1 is 1.50 bits per heavy atom. The highest BCUT2D eigenvalue weighted by molar-refractivity contribution is 6.01. The van der Waals surface area contributed by atoms with E-state index >= 15 is 0 Å². The summed E-state index contributed by atoms with van der Waals surface area (Å²) < 4.78 is 0. The van der Waals surface area contributed by atoms with Crippen LogP contribution in [0.4, 0.5) is 0 Å². The Morgan fingerprint density at radius 2 is 1.90 bits per heavy atom. The Bertz CT molecular complexity index is 138. The molecule has 0 aromatic heterocycles. The number of ketones is 1. The van der Waals surface area contributed by atoms with Gasteiger partial charge in [0.2, 0.25) is 0 Å². The van der Waals surface area contributed by atoms with Crippen LogP contribution in [-0.4, -0.2) is 11.6 Å². The van der Waals surface area contributed by atoms with Crippen molar-refractivity contribution in [2.45, 2.75) is 20.8 Å². The molecule has 10 heavy (non-hydrogen) atoms. The lowest BCUT2D eigenvalue weighted by Crippen LogP contribution is -2.32. The number of hydrogen-bond acceptors (Lipinski definition) is 2. The maximum Gasteiger partial charge on any atom is 0.140 e. The number of Topliss-reactive ketones (excluding diaryl/α,β-unsaturated/α-hetero) is 1. The molecule has 0 spiro atoms. The molecule has 58 valence electrons. The lowest BCUT2D eigenvalue weighted by atomic mass is 9.91. The number of nitrogens with two attached hydrogens (primary N) is 1. The number of amidine groups is 1. The molecule has 0 aliphatic heterocycles. The van der Waals surface area contributed by atoms with Crippen LogP contribution in [0.1, 0.15) is 20.8 Å². The molecule has 0 heterocycles. The van der Waals surface area contributed by atoms with E-state index in [2.05, 4.69) is 0 Å². The summed E-state index contributed by atoms with van der Waals surface area (Å²) in [6.07, 6.45) is 0. The summed E-state index contributed by atoms with van der Waals surface area (Å²) >= 11 is 0. The third kappa shape index (κ3) is 2.17. The maximum absolute atomic E-state index is 10.8. The molecule has 0 aromatic rings. The monoisotopic (exact) mass is 142 g/mol. The molecular formula is C7H14N2O. The van der Waals surface area contributed by atoms with E-state index in [1.165, 1.54) is 6.92 Å². The fourth-order valence-electron chi connectivity index (χ4n) is 1.05. The molecule has 0 unspecified atom stereocenters. The lowest BCUT2D eigenvalue weighted by Gasteiger charge is -2.14. The molecule has 1 atom stereocenters. The summed E-state index contributed by atoms with van der Waals surface area (Å²) in [5, 5.41) is 7.07. The van der Waals surface area contributed by atoms with Gasteiger partial charge >= 0.3 is 0 Å². The zero-order chi connectivity index (χ0) is 8.31. The molecule has 0 radical (unpaired) electrons. The summed E-state index contributed by atoms with van der Waals surface area (Å²) in [6, 6.07) is 0. The summed E-state index contributed by atoms with van der Waals surface area (Å²) in [5.41, 5.74) is 5.20. The zero-order valence-electron chi connectivity index (χ0n) is 6.64. The van der Waals surface area contributed by atoms with Crippen molar-refractivity contribution in [1.29, 1.82) is 5.41 Å². The molecule has 0 fully saturated rings. The quantitative estimate of drug-likeness (QED) is 0.451. The minimum absolute atomic E-state index is 0.0255. The average molecular weight is 142 g/mol. The number of nitrogens with one attached hydrogen (secondary N) is 1. The van der Waals surface area contributed by atoms with E-state index in [0.717, 1.165) is 0 Å². The Balaban J connectivity index is 4.27. The van der Waals surface area contributed by atoms with Crippen molar-refractivity contribution >= 4 is 11.6 Å². The van der Waals surface area contributed by atoms with Crippen molar-refractivity contribution < 1.29 is 4.79 Å². The molecule has 0 aromatic carbocycles. The highest BCUT2D eigenvalue weighted by atomic mass is 16.1. The van der Waals surface area contributed by atoms with Crippen LogP contribution in [0, 0.1) is 17.2 Å². The first-order valence-corrected chi connectivity index (χ1v) is 3.31. The van der Waals surface area contributed by atoms with E-state index in [-0.39, 0.29) is 23.5 Å². The SMILES string of the molecule is CC(=O)[C@@H](C(=N)N)C(C)C. The van der Waals surface area contributed by atoms with Crippen LogP contribution in [-0.2, 0) is 4.79 Å². The minimum atomic E-state index is -0.389. The smallest absolute Gasteiger partial charge is 0.140 e. The zero-order valence-corrected chi connectivity index (χ0v) is 6.64. The maximum atomic E-state index is 10.8. The summed E-state index contributed by atoms with van der Waals surface area (Å²) in [7, 11) is 0. The van der Waals surface area contributed by atoms with Gasteiger partial charge in [0.1, 0.15) is 11.6 Å². The van der Waals surface area contributed by atoms with Gasteiger partial charge in [0, 0.05) is 0 Å². The molecule has 3 N–H and O–H groups in total.